The number of hydrogen-bond acceptors (Lipinski definition) is 7. The van der Waals surface area contributed by atoms with Crippen molar-refractivity contribution in [1.82, 2.24) is 0 Å². The van der Waals surface area contributed by atoms with Crippen LogP contribution in [-0.4, -0.2) is 44.7 Å². The fraction of sp³-hybridized carbons (Fsp3) is 0.318. The highest BCUT2D eigenvalue weighted by Crippen LogP contribution is 2.44. The lowest BCUT2D eigenvalue weighted by Gasteiger charge is -2.51. The summed E-state index contributed by atoms with van der Waals surface area (Å²) < 4.78 is 45.7. The van der Waals surface area contributed by atoms with Gasteiger partial charge in [0.15, 0.2) is 11.5 Å². The SMILES string of the molecule is COC1(c2ccc(C)c(Cc3ccc4c(c3)OCCO4)c2)O[C@H](C)[C@@H](OCc2ccccc2)[C@H](OCc2ccccc2)[C@H]1OCc1ccccc1. The van der Waals surface area contributed by atoms with Crippen LogP contribution in [0.3, 0.4) is 0 Å². The Hall–Kier alpha value is -4.50. The molecule has 0 spiro atoms. The third-order valence-electron chi connectivity index (χ3n) is 9.72. The standard InChI is InChI=1S/C44H46O7/c1-31-19-21-38(27-37(31)25-36-20-22-39-40(26-36)47-24-23-46-39)44(45-3)43(50-30-35-17-11-6-12-18-35)42(49-29-34-15-9-5-10-16-34)41(32(2)51-44)48-28-33-13-7-4-8-14-33/h4-22,26-27,32,41-43H,23-25,28-30H2,1-3H3/t32-,41-,42+,43-,44?/m1/s1. The van der Waals surface area contributed by atoms with Crippen molar-refractivity contribution in [1.29, 1.82) is 0 Å². The lowest BCUT2D eigenvalue weighted by Crippen LogP contribution is -2.64. The molecule has 5 aromatic rings. The molecule has 2 aliphatic rings. The van der Waals surface area contributed by atoms with Crippen LogP contribution in [0.4, 0.5) is 0 Å². The molecule has 2 heterocycles. The molecule has 0 aromatic heterocycles. The predicted molar refractivity (Wildman–Crippen MR) is 196 cm³/mol. The Labute approximate surface area is 301 Å². The van der Waals surface area contributed by atoms with Crippen LogP contribution in [0.1, 0.15) is 45.9 Å². The van der Waals surface area contributed by atoms with Crippen LogP contribution in [0.2, 0.25) is 0 Å². The van der Waals surface area contributed by atoms with E-state index in [0.29, 0.717) is 39.5 Å². The molecule has 51 heavy (non-hydrogen) atoms. The van der Waals surface area contributed by atoms with E-state index in [2.05, 4.69) is 73.7 Å². The fourth-order valence-electron chi connectivity index (χ4n) is 6.99. The Balaban J connectivity index is 1.26. The molecular formula is C44H46O7. The number of hydrogen-bond donors (Lipinski definition) is 0. The summed E-state index contributed by atoms with van der Waals surface area (Å²) in [5.74, 6) is 0.249. The minimum Gasteiger partial charge on any atom is -0.486 e. The molecule has 1 fully saturated rings. The first-order chi connectivity index (χ1) is 25.0. The summed E-state index contributed by atoms with van der Waals surface area (Å²) in [6.07, 6.45) is -1.43. The summed E-state index contributed by atoms with van der Waals surface area (Å²) in [4.78, 5) is 0. The molecule has 7 heteroatoms. The van der Waals surface area contributed by atoms with Crippen LogP contribution in [0.15, 0.2) is 127 Å². The van der Waals surface area contributed by atoms with Crippen molar-refractivity contribution in [2.45, 2.75) is 70.3 Å². The number of fused-ring (bicyclic) bond motifs is 1. The Morgan fingerprint density at radius 1 is 0.608 bits per heavy atom. The van der Waals surface area contributed by atoms with Crippen LogP contribution in [-0.2, 0) is 55.7 Å². The van der Waals surface area contributed by atoms with E-state index in [1.165, 1.54) is 0 Å². The molecule has 0 radical (unpaired) electrons. The van der Waals surface area contributed by atoms with E-state index in [-0.39, 0.29) is 0 Å². The number of benzene rings is 5. The van der Waals surface area contributed by atoms with E-state index >= 15 is 0 Å². The van der Waals surface area contributed by atoms with Crippen LogP contribution >= 0.6 is 0 Å². The minimum absolute atomic E-state index is 0.334. The first-order valence-corrected chi connectivity index (χ1v) is 17.7. The van der Waals surface area contributed by atoms with Crippen LogP contribution in [0.25, 0.3) is 0 Å². The first-order valence-electron chi connectivity index (χ1n) is 17.7. The minimum atomic E-state index is -1.31. The summed E-state index contributed by atoms with van der Waals surface area (Å²) in [5, 5.41) is 0. The van der Waals surface area contributed by atoms with E-state index in [0.717, 1.165) is 50.4 Å². The third kappa shape index (κ3) is 8.04. The lowest BCUT2D eigenvalue weighted by atomic mass is 9.85. The number of methoxy groups -OCH3 is 1. The van der Waals surface area contributed by atoms with Gasteiger partial charge in [0.1, 0.15) is 31.5 Å². The van der Waals surface area contributed by atoms with Gasteiger partial charge in [-0.25, -0.2) is 0 Å². The van der Waals surface area contributed by atoms with E-state index in [4.69, 9.17) is 33.2 Å². The van der Waals surface area contributed by atoms with Gasteiger partial charge in [-0.1, -0.05) is 109 Å². The molecule has 0 saturated carbocycles. The van der Waals surface area contributed by atoms with Crippen molar-refractivity contribution in [3.63, 3.8) is 0 Å². The van der Waals surface area contributed by atoms with Crippen molar-refractivity contribution < 1.29 is 33.2 Å². The Kier molecular flexibility index (Phi) is 11.1. The smallest absolute Gasteiger partial charge is 0.224 e. The largest absolute Gasteiger partial charge is 0.486 e. The van der Waals surface area contributed by atoms with Gasteiger partial charge in [0.05, 0.1) is 25.9 Å². The zero-order chi connectivity index (χ0) is 35.0. The average molecular weight is 687 g/mol. The van der Waals surface area contributed by atoms with Gasteiger partial charge in [-0.05, 0) is 71.8 Å². The summed E-state index contributed by atoms with van der Waals surface area (Å²) in [5.41, 5.74) is 7.43. The maximum atomic E-state index is 7.02. The summed E-state index contributed by atoms with van der Waals surface area (Å²) >= 11 is 0. The van der Waals surface area contributed by atoms with Crippen LogP contribution < -0.4 is 9.47 Å². The molecule has 0 amide bonds. The van der Waals surface area contributed by atoms with Gasteiger partial charge in [-0.3, -0.25) is 0 Å². The summed E-state index contributed by atoms with van der Waals surface area (Å²) in [6.45, 7) is 6.37. The molecule has 264 valence electrons. The number of aryl methyl sites for hydroxylation is 1. The van der Waals surface area contributed by atoms with Gasteiger partial charge in [0.25, 0.3) is 0 Å². The Morgan fingerprint density at radius 3 is 1.78 bits per heavy atom. The second-order valence-electron chi connectivity index (χ2n) is 13.2. The van der Waals surface area contributed by atoms with Crippen molar-refractivity contribution in [2.24, 2.45) is 0 Å². The highest BCUT2D eigenvalue weighted by Gasteiger charge is 2.57. The van der Waals surface area contributed by atoms with Crippen LogP contribution in [0.5, 0.6) is 11.5 Å². The molecule has 0 aliphatic carbocycles. The fourth-order valence-corrected chi connectivity index (χ4v) is 6.99. The molecule has 7 nitrogen and oxygen atoms in total. The monoisotopic (exact) mass is 686 g/mol. The predicted octanol–water partition coefficient (Wildman–Crippen LogP) is 8.33. The maximum Gasteiger partial charge on any atom is 0.224 e. The van der Waals surface area contributed by atoms with Gasteiger partial charge in [0, 0.05) is 12.7 Å². The molecule has 0 bridgehead atoms. The topological polar surface area (TPSA) is 64.6 Å². The van der Waals surface area contributed by atoms with Crippen molar-refractivity contribution in [3.8, 4) is 11.5 Å². The van der Waals surface area contributed by atoms with Crippen molar-refractivity contribution in [2.75, 3.05) is 20.3 Å². The zero-order valence-electron chi connectivity index (χ0n) is 29.5. The molecule has 5 atom stereocenters. The maximum absolute atomic E-state index is 7.02. The molecule has 2 aliphatic heterocycles. The second-order valence-corrected chi connectivity index (χ2v) is 13.2. The van der Waals surface area contributed by atoms with Gasteiger partial charge >= 0.3 is 0 Å². The zero-order valence-corrected chi connectivity index (χ0v) is 29.5. The van der Waals surface area contributed by atoms with E-state index < -0.39 is 30.2 Å². The third-order valence-corrected chi connectivity index (χ3v) is 9.72. The molecule has 1 saturated heterocycles. The van der Waals surface area contributed by atoms with E-state index in [1.54, 1.807) is 7.11 Å². The van der Waals surface area contributed by atoms with E-state index in [9.17, 15) is 0 Å². The van der Waals surface area contributed by atoms with Gasteiger partial charge < -0.3 is 33.2 Å². The lowest BCUT2D eigenvalue weighted by molar-refractivity contribution is -0.379. The average Bonchev–Trinajstić information content (AvgIpc) is 3.18. The highest BCUT2D eigenvalue weighted by atomic mass is 16.7. The second kappa shape index (κ2) is 16.2. The first kappa shape index (κ1) is 34.9. The Bertz CT molecular complexity index is 1850. The molecular weight excluding hydrogens is 640 g/mol. The van der Waals surface area contributed by atoms with Gasteiger partial charge in [-0.15, -0.1) is 0 Å². The van der Waals surface area contributed by atoms with Crippen LogP contribution in [0, 0.1) is 6.92 Å². The quantitative estimate of drug-likeness (QED) is 0.123. The normalized spacial score (nSPS) is 22.8. The molecule has 5 aromatic carbocycles. The highest BCUT2D eigenvalue weighted by molar-refractivity contribution is 5.46. The van der Waals surface area contributed by atoms with Crippen molar-refractivity contribution >= 4 is 0 Å². The Morgan fingerprint density at radius 2 is 1.18 bits per heavy atom. The summed E-state index contributed by atoms with van der Waals surface area (Å²) in [7, 11) is 1.69. The van der Waals surface area contributed by atoms with E-state index in [1.807, 2.05) is 67.6 Å². The number of rotatable bonds is 13. The summed E-state index contributed by atoms with van der Waals surface area (Å²) in [6, 6.07) is 43.0. The van der Waals surface area contributed by atoms with Crippen molar-refractivity contribution in [3.05, 3.63) is 166 Å². The molecule has 7 rings (SSSR count). The number of ether oxygens (including phenoxy) is 7. The van der Waals surface area contributed by atoms with Gasteiger partial charge in [0.2, 0.25) is 5.79 Å². The van der Waals surface area contributed by atoms with Gasteiger partial charge in [-0.2, -0.15) is 0 Å². The molecule has 1 unspecified atom stereocenters. The molecule has 0 N–H and O–H groups in total.